The van der Waals surface area contributed by atoms with E-state index in [0.29, 0.717) is 23.7 Å². The Morgan fingerprint density at radius 3 is 2.42 bits per heavy atom. The molecule has 5 atom stereocenters. The molecule has 4 rings (SSSR count). The summed E-state index contributed by atoms with van der Waals surface area (Å²) >= 11 is 1.83. The third kappa shape index (κ3) is 5.98. The molecule has 192 valence electrons. The van der Waals surface area contributed by atoms with Gasteiger partial charge in [-0.05, 0) is 18.4 Å². The topological polar surface area (TPSA) is 159 Å². The number of hydrogen-bond acceptors (Lipinski definition) is 6. The smallest absolute Gasteiger partial charge is 0.332 e. The van der Waals surface area contributed by atoms with Crippen LogP contribution in [0.15, 0.2) is 54.6 Å². The van der Waals surface area contributed by atoms with Crippen molar-refractivity contribution in [1.82, 2.24) is 10.6 Å². The minimum atomic E-state index is -4.92. The van der Waals surface area contributed by atoms with Crippen LogP contribution in [0.25, 0.3) is 0 Å². The summed E-state index contributed by atoms with van der Waals surface area (Å²) < 4.78 is 12.3. The molecule has 2 saturated heterocycles. The number of urea groups is 1. The Kier molecular flexibility index (Phi) is 8.14. The van der Waals surface area contributed by atoms with Crippen molar-refractivity contribution in [1.29, 1.82) is 0 Å². The highest BCUT2D eigenvalue weighted by atomic mass is 32.2. The van der Waals surface area contributed by atoms with Gasteiger partial charge in [0.1, 0.15) is 0 Å². The van der Waals surface area contributed by atoms with E-state index in [4.69, 9.17) is 0 Å². The lowest BCUT2D eigenvalue weighted by Gasteiger charge is -2.23. The first-order chi connectivity index (χ1) is 17.1. The van der Waals surface area contributed by atoms with Crippen molar-refractivity contribution in [2.45, 2.75) is 54.7 Å². The molecule has 2 amide bonds. The summed E-state index contributed by atoms with van der Waals surface area (Å²) in [5.41, 5.74) is -0.998. The van der Waals surface area contributed by atoms with Gasteiger partial charge in [0.05, 0.1) is 12.1 Å². The van der Waals surface area contributed by atoms with Gasteiger partial charge in [0, 0.05) is 33.5 Å². The van der Waals surface area contributed by atoms with Crippen LogP contribution in [0, 0.1) is 10.1 Å². The highest BCUT2D eigenvalue weighted by Crippen LogP contribution is 2.58. The maximum atomic E-state index is 12.7. The Hall–Kier alpha value is -2.72. The standard InChI is InChI=1S/C24H28N3O7PS/c28-19(8-4-5-9-20-21-18(14-36-20)25-24(29)26-21)15-10-12-17(13-11-15)23(35(32,33)34)22(27(30)31)16-6-2-1-3-7-16/h1-3,6-7,10-13,18,20-23H,4-5,8-9,14H2,(H2,25,26,29)(H2,32,33,34)/t18-,20-,21-,22?,23?/m0/s1. The number of benzene rings is 2. The second-order valence-electron chi connectivity index (χ2n) is 9.09. The fourth-order valence-electron chi connectivity index (χ4n) is 4.91. The van der Waals surface area contributed by atoms with Crippen LogP contribution in [0.4, 0.5) is 4.79 Å². The van der Waals surface area contributed by atoms with Crippen molar-refractivity contribution < 1.29 is 28.9 Å². The molecule has 4 N–H and O–H groups in total. The number of fused-ring (bicyclic) bond motifs is 1. The van der Waals surface area contributed by atoms with E-state index >= 15 is 0 Å². The van der Waals surface area contributed by atoms with Crippen LogP contribution >= 0.6 is 19.4 Å². The largest absolute Gasteiger partial charge is 0.340 e. The number of hydrogen-bond donors (Lipinski definition) is 4. The molecule has 2 fully saturated rings. The number of unbranched alkanes of at least 4 members (excludes halogenated alkanes) is 1. The van der Waals surface area contributed by atoms with E-state index in [2.05, 4.69) is 10.6 Å². The first-order valence-electron chi connectivity index (χ1n) is 11.7. The normalized spacial score (nSPS) is 22.8. The third-order valence-corrected chi connectivity index (χ3v) is 9.50. The van der Waals surface area contributed by atoms with Crippen molar-refractivity contribution in [3.05, 3.63) is 81.4 Å². The van der Waals surface area contributed by atoms with Gasteiger partial charge in [-0.15, -0.1) is 0 Å². The summed E-state index contributed by atoms with van der Waals surface area (Å²) in [5, 5.41) is 18.0. The predicted molar refractivity (Wildman–Crippen MR) is 136 cm³/mol. The summed E-state index contributed by atoms with van der Waals surface area (Å²) in [6.45, 7) is 0. The molecule has 0 saturated carbocycles. The van der Waals surface area contributed by atoms with Gasteiger partial charge in [0.25, 0.3) is 6.04 Å². The van der Waals surface area contributed by atoms with Crippen molar-refractivity contribution >= 4 is 31.2 Å². The molecule has 2 aliphatic heterocycles. The van der Waals surface area contributed by atoms with E-state index in [1.165, 1.54) is 36.4 Å². The lowest BCUT2D eigenvalue weighted by atomic mass is 9.96. The number of rotatable bonds is 11. The maximum Gasteiger partial charge on any atom is 0.340 e. The van der Waals surface area contributed by atoms with Gasteiger partial charge < -0.3 is 20.4 Å². The molecule has 12 heteroatoms. The van der Waals surface area contributed by atoms with E-state index in [9.17, 15) is 34.1 Å². The number of nitro groups is 1. The quantitative estimate of drug-likeness (QED) is 0.0847. The number of nitrogens with one attached hydrogen (secondary N) is 2. The van der Waals surface area contributed by atoms with Crippen LogP contribution < -0.4 is 10.6 Å². The van der Waals surface area contributed by atoms with E-state index in [1.54, 1.807) is 18.2 Å². The number of carbonyl (C=O) groups excluding carboxylic acids is 2. The first kappa shape index (κ1) is 26.3. The Morgan fingerprint density at radius 1 is 1.08 bits per heavy atom. The lowest BCUT2D eigenvalue weighted by molar-refractivity contribution is -0.530. The number of Topliss-reactive ketones (excluding diaryl/α,β-unsaturated/α-hetero) is 1. The fourth-order valence-corrected chi connectivity index (χ4v) is 7.67. The lowest BCUT2D eigenvalue weighted by Crippen LogP contribution is -2.36. The van der Waals surface area contributed by atoms with Crippen molar-refractivity contribution in [2.24, 2.45) is 0 Å². The van der Waals surface area contributed by atoms with Crippen LogP contribution in [0.2, 0.25) is 0 Å². The van der Waals surface area contributed by atoms with E-state index < -0.39 is 24.2 Å². The van der Waals surface area contributed by atoms with Crippen LogP contribution in [0.3, 0.4) is 0 Å². The van der Waals surface area contributed by atoms with Crippen molar-refractivity contribution in [3.8, 4) is 0 Å². The molecule has 0 bridgehead atoms. The molecular formula is C24H28N3O7PS. The summed E-state index contributed by atoms with van der Waals surface area (Å²) in [4.78, 5) is 55.3. The minimum Gasteiger partial charge on any atom is -0.332 e. The summed E-state index contributed by atoms with van der Waals surface area (Å²) in [7, 11) is -4.92. The molecule has 36 heavy (non-hydrogen) atoms. The number of ketones is 1. The second kappa shape index (κ2) is 11.1. The van der Waals surface area contributed by atoms with Gasteiger partial charge in [-0.3, -0.25) is 19.5 Å². The molecular weight excluding hydrogens is 505 g/mol. The molecule has 2 unspecified atom stereocenters. The third-order valence-electron chi connectivity index (χ3n) is 6.68. The average molecular weight is 534 g/mol. The van der Waals surface area contributed by atoms with Gasteiger partial charge in [-0.25, -0.2) is 4.79 Å². The molecule has 0 aromatic heterocycles. The number of amides is 2. The predicted octanol–water partition coefficient (Wildman–Crippen LogP) is 3.83. The minimum absolute atomic E-state index is 0.101. The van der Waals surface area contributed by atoms with Gasteiger partial charge in [0.2, 0.25) is 0 Å². The molecule has 0 spiro atoms. The average Bonchev–Trinajstić information content (AvgIpc) is 3.39. The van der Waals surface area contributed by atoms with Gasteiger partial charge in [0.15, 0.2) is 11.4 Å². The number of nitrogens with zero attached hydrogens (tertiary/aromatic N) is 1. The summed E-state index contributed by atoms with van der Waals surface area (Å²) in [6.07, 6.45) is 2.73. The zero-order chi connectivity index (χ0) is 25.9. The maximum absolute atomic E-state index is 12.7. The molecule has 2 heterocycles. The number of carbonyl (C=O) groups is 2. The summed E-state index contributed by atoms with van der Waals surface area (Å²) in [5.74, 6) is 0.784. The Morgan fingerprint density at radius 2 is 1.78 bits per heavy atom. The van der Waals surface area contributed by atoms with Crippen LogP contribution in [-0.2, 0) is 4.57 Å². The highest BCUT2D eigenvalue weighted by Gasteiger charge is 2.46. The highest BCUT2D eigenvalue weighted by molar-refractivity contribution is 8.00. The Balaban J connectivity index is 1.38. The van der Waals surface area contributed by atoms with E-state index in [1.807, 2.05) is 11.8 Å². The van der Waals surface area contributed by atoms with E-state index in [0.717, 1.165) is 18.6 Å². The van der Waals surface area contributed by atoms with Crippen molar-refractivity contribution in [3.63, 3.8) is 0 Å². The van der Waals surface area contributed by atoms with Gasteiger partial charge >= 0.3 is 13.6 Å². The Bertz CT molecular complexity index is 1160. The molecule has 2 aromatic rings. The zero-order valence-corrected chi connectivity index (χ0v) is 21.1. The van der Waals surface area contributed by atoms with Crippen LogP contribution in [0.1, 0.15) is 58.9 Å². The molecule has 2 aliphatic rings. The molecule has 10 nitrogen and oxygen atoms in total. The monoisotopic (exact) mass is 533 g/mol. The SMILES string of the molecule is O=C1N[C@H]2[C@H](CS[C@H]2CCCCC(=O)c2ccc(C(C(c3ccccc3)[N+](=O)[O-])P(=O)(O)O)cc2)N1. The molecule has 0 aliphatic carbocycles. The Labute approximate surface area is 212 Å². The molecule has 0 radical (unpaired) electrons. The first-order valence-corrected chi connectivity index (χ1v) is 14.4. The van der Waals surface area contributed by atoms with Crippen LogP contribution in [0.5, 0.6) is 0 Å². The van der Waals surface area contributed by atoms with E-state index in [-0.39, 0.29) is 35.0 Å². The van der Waals surface area contributed by atoms with Crippen LogP contribution in [-0.4, -0.2) is 49.6 Å². The zero-order valence-electron chi connectivity index (χ0n) is 19.4. The molecule has 2 aromatic carbocycles. The van der Waals surface area contributed by atoms with Gasteiger partial charge in [-0.1, -0.05) is 61.0 Å². The van der Waals surface area contributed by atoms with Crippen molar-refractivity contribution in [2.75, 3.05) is 5.75 Å². The fraction of sp³-hybridized carbons (Fsp3) is 0.417. The second-order valence-corrected chi connectivity index (χ2v) is 12.1. The number of thioether (sulfide) groups is 1. The van der Waals surface area contributed by atoms with Gasteiger partial charge in [-0.2, -0.15) is 11.8 Å². The summed E-state index contributed by atoms with van der Waals surface area (Å²) in [6, 6.07) is 12.0.